The van der Waals surface area contributed by atoms with E-state index in [1.54, 1.807) is 6.07 Å². The number of alkyl halides is 5. The molecular formula is C10H7F5N2O2. The Bertz CT molecular complexity index is 496. The molecule has 0 aliphatic rings. The second kappa shape index (κ2) is 5.69. The molecule has 9 heteroatoms. The van der Waals surface area contributed by atoms with E-state index in [1.165, 1.54) is 0 Å². The zero-order chi connectivity index (χ0) is 14.6. The number of hydrogen-bond donors (Lipinski definition) is 0. The van der Waals surface area contributed by atoms with E-state index in [1.807, 2.05) is 0 Å². The van der Waals surface area contributed by atoms with Crippen LogP contribution in [0.2, 0.25) is 0 Å². The molecule has 0 aromatic carbocycles. The Morgan fingerprint density at radius 2 is 2.05 bits per heavy atom. The van der Waals surface area contributed by atoms with Crippen molar-refractivity contribution in [1.29, 1.82) is 5.26 Å². The first-order valence-corrected chi connectivity index (χ1v) is 4.77. The van der Waals surface area contributed by atoms with E-state index >= 15 is 0 Å². The van der Waals surface area contributed by atoms with Crippen molar-refractivity contribution < 1.29 is 31.4 Å². The fourth-order valence-corrected chi connectivity index (χ4v) is 1.27. The van der Waals surface area contributed by atoms with Gasteiger partial charge < -0.3 is 9.47 Å². The molecule has 0 fully saturated rings. The highest BCUT2D eigenvalue weighted by Gasteiger charge is 2.36. The first kappa shape index (κ1) is 14.9. The molecule has 0 atom stereocenters. The summed E-state index contributed by atoms with van der Waals surface area (Å²) in [6.07, 6.45) is -8.80. The summed E-state index contributed by atoms with van der Waals surface area (Å²) >= 11 is 0. The molecule has 1 aromatic rings. The fourth-order valence-electron chi connectivity index (χ4n) is 1.27. The summed E-state index contributed by atoms with van der Waals surface area (Å²) < 4.78 is 69.9. The minimum Gasteiger partial charge on any atom is -0.493 e. The molecule has 1 heterocycles. The normalized spacial score (nSPS) is 11.3. The average molecular weight is 282 g/mol. The summed E-state index contributed by atoms with van der Waals surface area (Å²) in [5.41, 5.74) is -1.36. The van der Waals surface area contributed by atoms with Crippen LogP contribution in [0.25, 0.3) is 0 Å². The largest absolute Gasteiger partial charge is 0.573 e. The van der Waals surface area contributed by atoms with Crippen molar-refractivity contribution in [2.24, 2.45) is 0 Å². The van der Waals surface area contributed by atoms with Crippen molar-refractivity contribution in [2.75, 3.05) is 7.11 Å². The van der Waals surface area contributed by atoms with Crippen molar-refractivity contribution >= 4 is 0 Å². The van der Waals surface area contributed by atoms with Gasteiger partial charge in [-0.3, -0.25) is 0 Å². The van der Waals surface area contributed by atoms with Crippen LogP contribution in [0, 0.1) is 11.3 Å². The molecule has 0 saturated carbocycles. The molecule has 1 aromatic heterocycles. The minimum absolute atomic E-state index is 0.135. The first-order chi connectivity index (χ1) is 8.78. The summed E-state index contributed by atoms with van der Waals surface area (Å²) in [7, 11) is 0.990. The second-order valence-corrected chi connectivity index (χ2v) is 3.21. The van der Waals surface area contributed by atoms with Crippen LogP contribution >= 0.6 is 0 Å². The van der Waals surface area contributed by atoms with Gasteiger partial charge in [0.25, 0.3) is 6.43 Å². The van der Waals surface area contributed by atoms with Gasteiger partial charge in [-0.2, -0.15) is 5.26 Å². The van der Waals surface area contributed by atoms with Gasteiger partial charge in [0.1, 0.15) is 0 Å². The third-order valence-corrected chi connectivity index (χ3v) is 1.92. The summed E-state index contributed by atoms with van der Waals surface area (Å²) in [5, 5.41) is 8.44. The Kier molecular flexibility index (Phi) is 4.47. The van der Waals surface area contributed by atoms with Gasteiger partial charge in [0, 0.05) is 6.07 Å². The lowest BCUT2D eigenvalue weighted by atomic mass is 10.2. The predicted molar refractivity (Wildman–Crippen MR) is 51.7 cm³/mol. The van der Waals surface area contributed by atoms with Gasteiger partial charge in [0.05, 0.1) is 25.3 Å². The topological polar surface area (TPSA) is 55.1 Å². The van der Waals surface area contributed by atoms with Crippen LogP contribution < -0.4 is 9.47 Å². The Hall–Kier alpha value is -2.11. The summed E-state index contributed by atoms with van der Waals surface area (Å²) in [6, 6.07) is 2.58. The SMILES string of the molecule is COc1cc(CC#N)nc(C(F)F)c1OC(F)(F)F. The molecular weight excluding hydrogens is 275 g/mol. The molecule has 104 valence electrons. The van der Waals surface area contributed by atoms with Gasteiger partial charge >= 0.3 is 6.36 Å². The molecule has 0 unspecified atom stereocenters. The van der Waals surface area contributed by atoms with E-state index < -0.39 is 30.0 Å². The standard InChI is InChI=1S/C10H7F5N2O2/c1-18-6-4-5(2-3-16)17-7(9(11)12)8(6)19-10(13,14)15/h4,9H,2H2,1H3. The number of pyridine rings is 1. The van der Waals surface area contributed by atoms with Gasteiger partial charge in [-0.05, 0) is 0 Å². The smallest absolute Gasteiger partial charge is 0.493 e. The fraction of sp³-hybridized carbons (Fsp3) is 0.400. The molecule has 0 spiro atoms. The molecule has 4 nitrogen and oxygen atoms in total. The Morgan fingerprint density at radius 3 is 2.47 bits per heavy atom. The molecule has 0 aliphatic carbocycles. The molecule has 0 saturated heterocycles. The van der Waals surface area contributed by atoms with Gasteiger partial charge in [-0.25, -0.2) is 13.8 Å². The summed E-state index contributed by atoms with van der Waals surface area (Å²) in [5.74, 6) is -1.76. The van der Waals surface area contributed by atoms with Gasteiger partial charge in [-0.1, -0.05) is 0 Å². The predicted octanol–water partition coefficient (Wildman–Crippen LogP) is 2.99. The van der Waals surface area contributed by atoms with Crippen LogP contribution in [0.15, 0.2) is 6.07 Å². The van der Waals surface area contributed by atoms with Gasteiger partial charge in [0.15, 0.2) is 17.2 Å². The van der Waals surface area contributed by atoms with Crippen molar-refractivity contribution in [2.45, 2.75) is 19.2 Å². The molecule has 0 radical (unpaired) electrons. The van der Waals surface area contributed by atoms with Crippen molar-refractivity contribution in [1.82, 2.24) is 4.98 Å². The Labute approximate surface area is 104 Å². The van der Waals surface area contributed by atoms with Crippen LogP contribution in [0.1, 0.15) is 17.8 Å². The number of methoxy groups -OCH3 is 1. The van der Waals surface area contributed by atoms with Crippen LogP contribution in [0.3, 0.4) is 0 Å². The van der Waals surface area contributed by atoms with Crippen molar-refractivity contribution in [3.63, 3.8) is 0 Å². The Balaban J connectivity index is 3.37. The number of nitrogens with zero attached hydrogens (tertiary/aromatic N) is 2. The van der Waals surface area contributed by atoms with E-state index in [2.05, 4.69) is 14.5 Å². The number of aromatic nitrogens is 1. The lowest BCUT2D eigenvalue weighted by Gasteiger charge is -2.16. The highest BCUT2D eigenvalue weighted by Crippen LogP contribution is 2.39. The minimum atomic E-state index is -5.16. The number of ether oxygens (including phenoxy) is 2. The summed E-state index contributed by atoms with van der Waals surface area (Å²) in [6.45, 7) is 0. The summed E-state index contributed by atoms with van der Waals surface area (Å²) in [4.78, 5) is 3.28. The first-order valence-electron chi connectivity index (χ1n) is 4.77. The molecule has 0 aliphatic heterocycles. The lowest BCUT2D eigenvalue weighted by Crippen LogP contribution is -2.19. The van der Waals surface area contributed by atoms with Crippen molar-refractivity contribution in [3.05, 3.63) is 17.5 Å². The highest BCUT2D eigenvalue weighted by atomic mass is 19.4. The van der Waals surface area contributed by atoms with Crippen LogP contribution in [0.4, 0.5) is 22.0 Å². The van der Waals surface area contributed by atoms with E-state index in [4.69, 9.17) is 5.26 Å². The van der Waals surface area contributed by atoms with E-state index in [0.717, 1.165) is 13.2 Å². The Morgan fingerprint density at radius 1 is 1.42 bits per heavy atom. The maximum Gasteiger partial charge on any atom is 0.573 e. The van der Waals surface area contributed by atoms with E-state index in [0.29, 0.717) is 0 Å². The zero-order valence-corrected chi connectivity index (χ0v) is 9.46. The molecule has 0 bridgehead atoms. The number of halogens is 5. The average Bonchev–Trinajstić information content (AvgIpc) is 2.28. The molecule has 0 amide bonds. The monoisotopic (exact) mass is 282 g/mol. The molecule has 1 rings (SSSR count). The highest BCUT2D eigenvalue weighted by molar-refractivity contribution is 5.45. The second-order valence-electron chi connectivity index (χ2n) is 3.21. The zero-order valence-electron chi connectivity index (χ0n) is 9.46. The van der Waals surface area contributed by atoms with Crippen LogP contribution in [0.5, 0.6) is 11.5 Å². The van der Waals surface area contributed by atoms with E-state index in [-0.39, 0.29) is 12.1 Å². The quantitative estimate of drug-likeness (QED) is 0.797. The number of hydrogen-bond acceptors (Lipinski definition) is 4. The maximum atomic E-state index is 12.7. The molecule has 0 N–H and O–H groups in total. The third-order valence-electron chi connectivity index (χ3n) is 1.92. The lowest BCUT2D eigenvalue weighted by molar-refractivity contribution is -0.275. The van der Waals surface area contributed by atoms with Gasteiger partial charge in [0.2, 0.25) is 0 Å². The molecule has 19 heavy (non-hydrogen) atoms. The number of nitriles is 1. The van der Waals surface area contributed by atoms with Gasteiger partial charge in [-0.15, -0.1) is 13.2 Å². The van der Waals surface area contributed by atoms with Crippen LogP contribution in [-0.4, -0.2) is 18.5 Å². The third kappa shape index (κ3) is 3.94. The number of rotatable bonds is 4. The van der Waals surface area contributed by atoms with Crippen LogP contribution in [-0.2, 0) is 6.42 Å². The van der Waals surface area contributed by atoms with E-state index in [9.17, 15) is 22.0 Å². The maximum absolute atomic E-state index is 12.7. The van der Waals surface area contributed by atoms with Crippen molar-refractivity contribution in [3.8, 4) is 17.6 Å².